The second-order valence-electron chi connectivity index (χ2n) is 4.59. The fourth-order valence-electron chi connectivity index (χ4n) is 1.96. The van der Waals surface area contributed by atoms with Gasteiger partial charge in [-0.2, -0.15) is 0 Å². The molecule has 17 heavy (non-hydrogen) atoms. The molecule has 0 rings (SSSR count). The van der Waals surface area contributed by atoms with Gasteiger partial charge in [0.05, 0.1) is 6.61 Å². The van der Waals surface area contributed by atoms with Gasteiger partial charge < -0.3 is 10.1 Å². The Kier molecular flexibility index (Phi) is 12.3. The van der Waals surface area contributed by atoms with Crippen LogP contribution >= 0.6 is 0 Å². The maximum absolute atomic E-state index is 5.41. The van der Waals surface area contributed by atoms with Crippen molar-refractivity contribution >= 4 is 0 Å². The Bertz CT molecular complexity index is 153. The van der Waals surface area contributed by atoms with Crippen LogP contribution in [0.3, 0.4) is 0 Å². The average molecular weight is 244 g/mol. The first-order chi connectivity index (χ1) is 8.26. The van der Waals surface area contributed by atoms with Crippen LogP contribution in [0.5, 0.6) is 0 Å². The lowest BCUT2D eigenvalue weighted by Crippen LogP contribution is -2.42. The van der Waals surface area contributed by atoms with Crippen LogP contribution in [0.4, 0.5) is 0 Å². The molecular formula is C14H32N2O. The Balaban J connectivity index is 3.57. The molecule has 3 heteroatoms. The Labute approximate surface area is 108 Å². The molecule has 0 aliphatic rings. The summed E-state index contributed by atoms with van der Waals surface area (Å²) >= 11 is 0. The van der Waals surface area contributed by atoms with Crippen molar-refractivity contribution in [3.63, 3.8) is 0 Å². The standard InChI is InChI=1S/C14H32N2O/c1-5-8-9-10-15-13-14(4)16(6-2)11-12-17-7-3/h14-15H,5-13H2,1-4H3. The third-order valence-electron chi connectivity index (χ3n) is 3.15. The van der Waals surface area contributed by atoms with E-state index in [1.807, 2.05) is 0 Å². The molecule has 0 bridgehead atoms. The lowest BCUT2D eigenvalue weighted by atomic mass is 10.2. The molecule has 0 aromatic rings. The number of likely N-dealkylation sites (N-methyl/N-ethyl adjacent to an activating group) is 1. The number of hydrogen-bond donors (Lipinski definition) is 1. The molecule has 0 saturated carbocycles. The smallest absolute Gasteiger partial charge is 0.0593 e. The first kappa shape index (κ1) is 16.9. The van der Waals surface area contributed by atoms with Crippen molar-refractivity contribution < 1.29 is 4.74 Å². The molecule has 3 nitrogen and oxygen atoms in total. The van der Waals surface area contributed by atoms with Crippen LogP contribution in [0, 0.1) is 0 Å². The van der Waals surface area contributed by atoms with E-state index >= 15 is 0 Å². The molecule has 0 aromatic heterocycles. The van der Waals surface area contributed by atoms with E-state index in [0.717, 1.165) is 39.4 Å². The van der Waals surface area contributed by atoms with Crippen molar-refractivity contribution in [2.24, 2.45) is 0 Å². The van der Waals surface area contributed by atoms with Gasteiger partial charge in [-0.3, -0.25) is 4.90 Å². The number of hydrogen-bond acceptors (Lipinski definition) is 3. The summed E-state index contributed by atoms with van der Waals surface area (Å²) in [4.78, 5) is 2.47. The normalized spacial score (nSPS) is 13.2. The second kappa shape index (κ2) is 12.3. The molecular weight excluding hydrogens is 212 g/mol. The summed E-state index contributed by atoms with van der Waals surface area (Å²) in [6, 6.07) is 0.599. The third kappa shape index (κ3) is 9.57. The summed E-state index contributed by atoms with van der Waals surface area (Å²) in [6.45, 7) is 14.9. The molecule has 0 aliphatic heterocycles. The number of nitrogens with one attached hydrogen (secondary N) is 1. The zero-order valence-electron chi connectivity index (χ0n) is 12.3. The SMILES string of the molecule is CCCCCNCC(C)N(CC)CCOCC. The molecule has 0 fully saturated rings. The van der Waals surface area contributed by atoms with Gasteiger partial charge >= 0.3 is 0 Å². The lowest BCUT2D eigenvalue weighted by molar-refractivity contribution is 0.0998. The van der Waals surface area contributed by atoms with Crippen LogP contribution in [-0.4, -0.2) is 50.3 Å². The minimum absolute atomic E-state index is 0.599. The maximum atomic E-state index is 5.41. The molecule has 0 amide bonds. The molecule has 0 aromatic carbocycles. The topological polar surface area (TPSA) is 24.5 Å². The van der Waals surface area contributed by atoms with Gasteiger partial charge in [0.25, 0.3) is 0 Å². The van der Waals surface area contributed by atoms with E-state index in [1.54, 1.807) is 0 Å². The minimum atomic E-state index is 0.599. The zero-order valence-corrected chi connectivity index (χ0v) is 12.3. The highest BCUT2D eigenvalue weighted by atomic mass is 16.5. The minimum Gasteiger partial charge on any atom is -0.380 e. The Hall–Kier alpha value is -0.120. The molecule has 0 heterocycles. The molecule has 104 valence electrons. The lowest BCUT2D eigenvalue weighted by Gasteiger charge is -2.27. The van der Waals surface area contributed by atoms with Crippen LogP contribution < -0.4 is 5.32 Å². The number of rotatable bonds is 12. The second-order valence-corrected chi connectivity index (χ2v) is 4.59. The molecule has 1 atom stereocenters. The molecule has 0 radical (unpaired) electrons. The highest BCUT2D eigenvalue weighted by molar-refractivity contribution is 4.68. The largest absolute Gasteiger partial charge is 0.380 e. The highest BCUT2D eigenvalue weighted by Gasteiger charge is 2.10. The van der Waals surface area contributed by atoms with Crippen molar-refractivity contribution in [1.82, 2.24) is 10.2 Å². The van der Waals surface area contributed by atoms with Crippen molar-refractivity contribution in [3.05, 3.63) is 0 Å². The summed E-state index contributed by atoms with van der Waals surface area (Å²) in [5.74, 6) is 0. The van der Waals surface area contributed by atoms with Crippen LogP contribution in [0.15, 0.2) is 0 Å². The Morgan fingerprint density at radius 2 is 1.94 bits per heavy atom. The number of ether oxygens (including phenoxy) is 1. The summed E-state index contributed by atoms with van der Waals surface area (Å²) in [7, 11) is 0. The van der Waals surface area contributed by atoms with E-state index in [2.05, 4.69) is 37.9 Å². The van der Waals surface area contributed by atoms with E-state index < -0.39 is 0 Å². The average Bonchev–Trinajstić information content (AvgIpc) is 2.34. The summed E-state index contributed by atoms with van der Waals surface area (Å²) < 4.78 is 5.41. The summed E-state index contributed by atoms with van der Waals surface area (Å²) in [6.07, 6.45) is 3.93. The Morgan fingerprint density at radius 3 is 2.53 bits per heavy atom. The van der Waals surface area contributed by atoms with Crippen LogP contribution in [0.2, 0.25) is 0 Å². The van der Waals surface area contributed by atoms with E-state index in [1.165, 1.54) is 19.3 Å². The van der Waals surface area contributed by atoms with Crippen LogP contribution in [0.25, 0.3) is 0 Å². The summed E-state index contributed by atoms with van der Waals surface area (Å²) in [5, 5.41) is 3.54. The van der Waals surface area contributed by atoms with Gasteiger partial charge in [0.15, 0.2) is 0 Å². The van der Waals surface area contributed by atoms with Crippen molar-refractivity contribution in [2.45, 2.75) is 53.0 Å². The molecule has 1 unspecified atom stereocenters. The van der Waals surface area contributed by atoms with Gasteiger partial charge in [-0.15, -0.1) is 0 Å². The molecule has 1 N–H and O–H groups in total. The summed E-state index contributed by atoms with van der Waals surface area (Å²) in [5.41, 5.74) is 0. The van der Waals surface area contributed by atoms with Crippen LogP contribution in [-0.2, 0) is 4.74 Å². The van der Waals surface area contributed by atoms with Gasteiger partial charge in [-0.05, 0) is 33.4 Å². The monoisotopic (exact) mass is 244 g/mol. The maximum Gasteiger partial charge on any atom is 0.0593 e. The van der Waals surface area contributed by atoms with Crippen LogP contribution in [0.1, 0.15) is 47.0 Å². The van der Waals surface area contributed by atoms with E-state index in [-0.39, 0.29) is 0 Å². The van der Waals surface area contributed by atoms with Crippen molar-refractivity contribution in [1.29, 1.82) is 0 Å². The van der Waals surface area contributed by atoms with Gasteiger partial charge in [-0.25, -0.2) is 0 Å². The van der Waals surface area contributed by atoms with Crippen molar-refractivity contribution in [3.8, 4) is 0 Å². The van der Waals surface area contributed by atoms with Gasteiger partial charge in [-0.1, -0.05) is 26.7 Å². The predicted octanol–water partition coefficient (Wildman–Crippen LogP) is 2.51. The predicted molar refractivity (Wildman–Crippen MR) is 75.6 cm³/mol. The van der Waals surface area contributed by atoms with E-state index in [4.69, 9.17) is 4.74 Å². The fourth-order valence-corrected chi connectivity index (χ4v) is 1.96. The highest BCUT2D eigenvalue weighted by Crippen LogP contribution is 1.98. The number of unbranched alkanes of at least 4 members (excludes halogenated alkanes) is 2. The molecule has 0 saturated heterocycles. The fraction of sp³-hybridized carbons (Fsp3) is 1.00. The molecule has 0 spiro atoms. The number of nitrogens with zero attached hydrogens (tertiary/aromatic N) is 1. The molecule has 0 aliphatic carbocycles. The third-order valence-corrected chi connectivity index (χ3v) is 3.15. The van der Waals surface area contributed by atoms with E-state index in [0.29, 0.717) is 6.04 Å². The van der Waals surface area contributed by atoms with E-state index in [9.17, 15) is 0 Å². The van der Waals surface area contributed by atoms with Crippen molar-refractivity contribution in [2.75, 3.05) is 39.4 Å². The first-order valence-electron chi connectivity index (χ1n) is 7.28. The van der Waals surface area contributed by atoms with Gasteiger partial charge in [0, 0.05) is 25.7 Å². The van der Waals surface area contributed by atoms with Gasteiger partial charge in [0.2, 0.25) is 0 Å². The first-order valence-corrected chi connectivity index (χ1v) is 7.28. The Morgan fingerprint density at radius 1 is 1.18 bits per heavy atom. The van der Waals surface area contributed by atoms with Gasteiger partial charge in [0.1, 0.15) is 0 Å². The zero-order chi connectivity index (χ0) is 12.9. The quantitative estimate of drug-likeness (QED) is 0.534.